The molecule has 4 aromatic rings. The molecule has 0 atom stereocenters. The van der Waals surface area contributed by atoms with Crippen molar-refractivity contribution < 1.29 is 0 Å². The quantitative estimate of drug-likeness (QED) is 0.405. The van der Waals surface area contributed by atoms with E-state index in [-0.39, 0.29) is 0 Å². The SMILES string of the molecule is Cc1ccc(N(c2ccc(C)cc2)c2ccc(-c3ncc(C)cn3)s2)cc1. The Hall–Kier alpha value is -2.98. The third-order valence-corrected chi connectivity index (χ3v) is 5.46. The molecule has 2 aromatic carbocycles. The van der Waals surface area contributed by atoms with Gasteiger partial charge >= 0.3 is 0 Å². The number of anilines is 3. The molecule has 0 N–H and O–H groups in total. The van der Waals surface area contributed by atoms with Crippen molar-refractivity contribution in [3.8, 4) is 10.7 Å². The fraction of sp³-hybridized carbons (Fsp3) is 0.130. The highest BCUT2D eigenvalue weighted by atomic mass is 32.1. The van der Waals surface area contributed by atoms with Crippen LogP contribution in [0.4, 0.5) is 16.4 Å². The van der Waals surface area contributed by atoms with Crippen LogP contribution in [0.5, 0.6) is 0 Å². The molecule has 4 heteroatoms. The molecule has 0 aliphatic rings. The fourth-order valence-corrected chi connectivity index (χ4v) is 3.88. The van der Waals surface area contributed by atoms with E-state index in [1.54, 1.807) is 11.3 Å². The maximum absolute atomic E-state index is 4.47. The molecule has 0 saturated carbocycles. The first kappa shape index (κ1) is 17.4. The number of benzene rings is 2. The van der Waals surface area contributed by atoms with Crippen molar-refractivity contribution in [2.75, 3.05) is 4.90 Å². The molecule has 0 fully saturated rings. The Morgan fingerprint density at radius 1 is 0.630 bits per heavy atom. The highest BCUT2D eigenvalue weighted by molar-refractivity contribution is 7.19. The van der Waals surface area contributed by atoms with E-state index in [0.29, 0.717) is 0 Å². The average Bonchev–Trinajstić information content (AvgIpc) is 3.15. The van der Waals surface area contributed by atoms with Crippen LogP contribution in [0.3, 0.4) is 0 Å². The van der Waals surface area contributed by atoms with Crippen LogP contribution in [0.25, 0.3) is 10.7 Å². The van der Waals surface area contributed by atoms with Gasteiger partial charge in [-0.25, -0.2) is 9.97 Å². The first-order chi connectivity index (χ1) is 13.1. The van der Waals surface area contributed by atoms with E-state index in [2.05, 4.69) is 89.4 Å². The minimum absolute atomic E-state index is 0.768. The van der Waals surface area contributed by atoms with E-state index in [9.17, 15) is 0 Å². The van der Waals surface area contributed by atoms with E-state index >= 15 is 0 Å². The van der Waals surface area contributed by atoms with E-state index in [4.69, 9.17) is 0 Å². The Kier molecular flexibility index (Phi) is 4.73. The van der Waals surface area contributed by atoms with Gasteiger partial charge in [0.25, 0.3) is 0 Å². The summed E-state index contributed by atoms with van der Waals surface area (Å²) in [4.78, 5) is 12.3. The number of rotatable bonds is 4. The van der Waals surface area contributed by atoms with E-state index in [1.165, 1.54) is 11.1 Å². The fourth-order valence-electron chi connectivity index (χ4n) is 2.88. The Balaban J connectivity index is 1.78. The lowest BCUT2D eigenvalue weighted by molar-refractivity contribution is 1.14. The number of hydrogen-bond donors (Lipinski definition) is 0. The van der Waals surface area contributed by atoms with Crippen molar-refractivity contribution in [2.24, 2.45) is 0 Å². The largest absolute Gasteiger partial charge is 0.302 e. The van der Waals surface area contributed by atoms with Gasteiger partial charge in [-0.2, -0.15) is 0 Å². The predicted octanol–water partition coefficient (Wildman–Crippen LogP) is 6.60. The summed E-state index contributed by atoms with van der Waals surface area (Å²) in [5, 5.41) is 1.14. The molecule has 3 nitrogen and oxygen atoms in total. The van der Waals surface area contributed by atoms with Crippen LogP contribution in [0.15, 0.2) is 73.1 Å². The summed E-state index contributed by atoms with van der Waals surface area (Å²) < 4.78 is 0. The maximum atomic E-state index is 4.47. The summed E-state index contributed by atoms with van der Waals surface area (Å²) in [6.07, 6.45) is 3.72. The molecule has 2 heterocycles. The van der Waals surface area contributed by atoms with Crippen molar-refractivity contribution >= 4 is 27.7 Å². The smallest absolute Gasteiger partial charge is 0.169 e. The first-order valence-electron chi connectivity index (χ1n) is 8.92. The van der Waals surface area contributed by atoms with Gasteiger partial charge in [-0.3, -0.25) is 0 Å². The topological polar surface area (TPSA) is 29.0 Å². The number of hydrogen-bond acceptors (Lipinski definition) is 4. The third kappa shape index (κ3) is 3.76. The molecule has 4 rings (SSSR count). The minimum Gasteiger partial charge on any atom is -0.302 e. The van der Waals surface area contributed by atoms with Crippen molar-refractivity contribution in [3.63, 3.8) is 0 Å². The van der Waals surface area contributed by atoms with Gasteiger partial charge in [0.15, 0.2) is 5.82 Å². The summed E-state index contributed by atoms with van der Waals surface area (Å²) in [7, 11) is 0. The predicted molar refractivity (Wildman–Crippen MR) is 114 cm³/mol. The van der Waals surface area contributed by atoms with Crippen LogP contribution in [0, 0.1) is 20.8 Å². The van der Waals surface area contributed by atoms with Crippen LogP contribution in [0.2, 0.25) is 0 Å². The Labute approximate surface area is 164 Å². The van der Waals surface area contributed by atoms with E-state index < -0.39 is 0 Å². The van der Waals surface area contributed by atoms with Crippen LogP contribution in [0.1, 0.15) is 16.7 Å². The van der Waals surface area contributed by atoms with Crippen molar-refractivity contribution in [3.05, 3.63) is 89.7 Å². The van der Waals surface area contributed by atoms with Gasteiger partial charge < -0.3 is 4.90 Å². The lowest BCUT2D eigenvalue weighted by Crippen LogP contribution is -2.08. The maximum Gasteiger partial charge on any atom is 0.169 e. The monoisotopic (exact) mass is 371 g/mol. The molecule has 27 heavy (non-hydrogen) atoms. The molecule has 134 valence electrons. The number of nitrogens with zero attached hydrogens (tertiary/aromatic N) is 3. The standard InChI is InChI=1S/C23H21N3S/c1-16-4-8-19(9-5-16)26(20-10-6-17(2)7-11-20)22-13-12-21(27-22)23-24-14-18(3)15-25-23/h4-15H,1-3H3. The molecule has 0 saturated heterocycles. The van der Waals surface area contributed by atoms with E-state index in [1.807, 2.05) is 19.3 Å². The third-order valence-electron chi connectivity index (χ3n) is 4.40. The summed E-state index contributed by atoms with van der Waals surface area (Å²) >= 11 is 1.70. The molecule has 0 amide bonds. The van der Waals surface area contributed by atoms with Gasteiger partial charge in [0, 0.05) is 23.8 Å². The van der Waals surface area contributed by atoms with Crippen LogP contribution >= 0.6 is 11.3 Å². The number of aryl methyl sites for hydroxylation is 3. The van der Waals surface area contributed by atoms with Crippen LogP contribution in [-0.4, -0.2) is 9.97 Å². The van der Waals surface area contributed by atoms with Gasteiger partial charge in [0.2, 0.25) is 0 Å². The normalized spacial score (nSPS) is 10.8. The van der Waals surface area contributed by atoms with Crippen molar-refractivity contribution in [2.45, 2.75) is 20.8 Å². The summed E-state index contributed by atoms with van der Waals surface area (Å²) in [6.45, 7) is 6.22. The molecule has 0 radical (unpaired) electrons. The Bertz CT molecular complexity index is 987. The van der Waals surface area contributed by atoms with Gasteiger partial charge in [-0.15, -0.1) is 11.3 Å². The van der Waals surface area contributed by atoms with Gasteiger partial charge in [-0.05, 0) is 62.7 Å². The Morgan fingerprint density at radius 2 is 1.15 bits per heavy atom. The van der Waals surface area contributed by atoms with Crippen molar-refractivity contribution in [1.29, 1.82) is 0 Å². The second-order valence-electron chi connectivity index (χ2n) is 6.73. The van der Waals surface area contributed by atoms with Crippen LogP contribution in [-0.2, 0) is 0 Å². The molecule has 0 spiro atoms. The lowest BCUT2D eigenvalue weighted by atomic mass is 10.1. The summed E-state index contributed by atoms with van der Waals surface area (Å²) in [6, 6.07) is 21.5. The lowest BCUT2D eigenvalue weighted by Gasteiger charge is -2.23. The highest BCUT2D eigenvalue weighted by Gasteiger charge is 2.16. The van der Waals surface area contributed by atoms with Crippen molar-refractivity contribution in [1.82, 2.24) is 9.97 Å². The zero-order valence-electron chi connectivity index (χ0n) is 15.7. The second kappa shape index (κ2) is 7.33. The molecule has 0 unspecified atom stereocenters. The molecule has 0 bridgehead atoms. The second-order valence-corrected chi connectivity index (χ2v) is 7.79. The molecular weight excluding hydrogens is 350 g/mol. The minimum atomic E-state index is 0.768. The molecule has 2 aromatic heterocycles. The molecule has 0 aliphatic heterocycles. The highest BCUT2D eigenvalue weighted by Crippen LogP contribution is 2.41. The summed E-state index contributed by atoms with van der Waals surface area (Å²) in [5.41, 5.74) is 5.85. The van der Waals surface area contributed by atoms with Gasteiger partial charge in [-0.1, -0.05) is 35.4 Å². The van der Waals surface area contributed by atoms with E-state index in [0.717, 1.165) is 32.6 Å². The zero-order chi connectivity index (χ0) is 18.8. The first-order valence-corrected chi connectivity index (χ1v) is 9.74. The number of aromatic nitrogens is 2. The van der Waals surface area contributed by atoms with Gasteiger partial charge in [0.1, 0.15) is 5.00 Å². The number of thiophene rings is 1. The molecule has 0 aliphatic carbocycles. The van der Waals surface area contributed by atoms with Gasteiger partial charge in [0.05, 0.1) is 4.88 Å². The summed E-state index contributed by atoms with van der Waals surface area (Å²) in [5.74, 6) is 0.768. The Morgan fingerprint density at radius 3 is 1.67 bits per heavy atom. The molecular formula is C23H21N3S. The zero-order valence-corrected chi connectivity index (χ0v) is 16.5. The average molecular weight is 372 g/mol. The van der Waals surface area contributed by atoms with Crippen LogP contribution < -0.4 is 4.90 Å².